The van der Waals surface area contributed by atoms with E-state index in [9.17, 15) is 0 Å². The van der Waals surface area contributed by atoms with E-state index in [1.165, 1.54) is 33.4 Å². The van der Waals surface area contributed by atoms with Gasteiger partial charge in [0.25, 0.3) is 0 Å². The maximum Gasteiger partial charge on any atom is 0.0464 e. The van der Waals surface area contributed by atoms with Crippen LogP contribution in [0.2, 0.25) is 0 Å². The minimum Gasteiger partial charge on any atom is -0.310 e. The quantitative estimate of drug-likeness (QED) is 0.142. The topological polar surface area (TPSA) is 32.3 Å². The summed E-state index contributed by atoms with van der Waals surface area (Å²) >= 11 is 0. The minimum atomic E-state index is -0.316. The molecule has 337 valence electrons. The monoisotopic (exact) mass is 1070 g/mol. The van der Waals surface area contributed by atoms with Gasteiger partial charge in [0.15, 0.2) is 0 Å². The molecule has 0 saturated carbocycles. The second-order valence-corrected chi connectivity index (χ2v) is 18.1. The summed E-state index contributed by atoms with van der Waals surface area (Å²) in [6.45, 7) is 4.81. The van der Waals surface area contributed by atoms with Crippen molar-refractivity contribution in [3.05, 3.63) is 288 Å². The molecule has 2 aliphatic rings. The Bertz CT molecular complexity index is 3040. The van der Waals surface area contributed by atoms with Gasteiger partial charge < -0.3 is 19.8 Å². The zero-order valence-corrected chi connectivity index (χ0v) is 41.0. The van der Waals surface area contributed by atoms with Crippen molar-refractivity contribution in [1.29, 1.82) is 0 Å². The van der Waals surface area contributed by atoms with Crippen LogP contribution in [0.25, 0.3) is 22.5 Å². The number of para-hydroxylation sites is 4. The van der Waals surface area contributed by atoms with Crippen LogP contribution in [-0.4, -0.2) is 9.97 Å². The Morgan fingerprint density at radius 3 is 1.26 bits per heavy atom. The molecule has 1 radical (unpaired) electrons. The van der Waals surface area contributed by atoms with Crippen molar-refractivity contribution in [1.82, 2.24) is 9.97 Å². The van der Waals surface area contributed by atoms with Gasteiger partial charge in [0.1, 0.15) is 0 Å². The number of nitrogens with zero attached hydrogens (tertiary/aromatic N) is 4. The molecule has 0 amide bonds. The Kier molecular flexibility index (Phi) is 12.7. The standard InChI is InChI=1S/C53H42N3.C11H8N.Ir/c1-52(2)47-30-28-45(55(41-17-7-3-8-18-41)42-19-9-4-10-20-42)34-49(47)53(36-39-27-26-38(33-40(39)37-53)51-25-15-16-32-54-51)50-35-46(29-31-48(50)52)56(43-21-11-5-12-22-43)44-23-13-6-14-24-44;1-2-6-10(7-3-1)11-8-4-5-9-12-11;/h3-25,27-35H,36-37H2,1-2H3;1-6,8-9H;/q2*-1;. The molecule has 1 spiro atoms. The van der Waals surface area contributed by atoms with Gasteiger partial charge in [-0.25, -0.2) is 0 Å². The van der Waals surface area contributed by atoms with Crippen LogP contribution in [0.4, 0.5) is 34.1 Å². The van der Waals surface area contributed by atoms with Crippen molar-refractivity contribution < 1.29 is 20.1 Å². The fourth-order valence-electron chi connectivity index (χ4n) is 10.5. The predicted octanol–water partition coefficient (Wildman–Crippen LogP) is 15.8. The Labute approximate surface area is 420 Å². The molecule has 0 unspecified atom stereocenters. The minimum absolute atomic E-state index is 0. The van der Waals surface area contributed by atoms with Crippen LogP contribution in [0.15, 0.2) is 243 Å². The van der Waals surface area contributed by atoms with Crippen molar-refractivity contribution in [3.63, 3.8) is 0 Å². The van der Waals surface area contributed by atoms with Gasteiger partial charge in [-0.2, -0.15) is 0 Å². The fourth-order valence-corrected chi connectivity index (χ4v) is 10.5. The van der Waals surface area contributed by atoms with E-state index in [0.717, 1.165) is 69.5 Å². The van der Waals surface area contributed by atoms with Gasteiger partial charge in [-0.05, 0) is 131 Å². The first-order valence-electron chi connectivity index (χ1n) is 23.4. The van der Waals surface area contributed by atoms with Crippen LogP contribution in [0, 0.1) is 12.1 Å². The number of benzene rings is 8. The van der Waals surface area contributed by atoms with E-state index in [0.29, 0.717) is 0 Å². The first-order chi connectivity index (χ1) is 33.5. The van der Waals surface area contributed by atoms with Crippen LogP contribution in [0.3, 0.4) is 0 Å². The molecule has 0 saturated heterocycles. The Morgan fingerprint density at radius 2 is 0.826 bits per heavy atom. The third-order valence-corrected chi connectivity index (χ3v) is 13.7. The second-order valence-electron chi connectivity index (χ2n) is 18.1. The number of anilines is 6. The molecular formula is C64H50IrN4-2. The summed E-state index contributed by atoms with van der Waals surface area (Å²) < 4.78 is 0. The molecule has 69 heavy (non-hydrogen) atoms. The zero-order valence-electron chi connectivity index (χ0n) is 38.6. The van der Waals surface area contributed by atoms with Crippen LogP contribution in [0.5, 0.6) is 0 Å². The fraction of sp³-hybridized carbons (Fsp3) is 0.0938. The summed E-state index contributed by atoms with van der Waals surface area (Å²) in [5.41, 5.74) is 18.6. The van der Waals surface area contributed by atoms with Crippen LogP contribution in [0.1, 0.15) is 47.2 Å². The number of hydrogen-bond donors (Lipinski definition) is 0. The molecule has 2 heterocycles. The Morgan fingerprint density at radius 1 is 0.391 bits per heavy atom. The van der Waals surface area contributed by atoms with Crippen molar-refractivity contribution in [3.8, 4) is 22.5 Å². The summed E-state index contributed by atoms with van der Waals surface area (Å²) in [4.78, 5) is 13.7. The molecule has 2 aliphatic carbocycles. The second kappa shape index (κ2) is 19.5. The SMILES string of the molecule is CC1(C)c2ccc(N(c3ccccc3)c3ccccc3)cc2C2(Cc3c[c-]c(-c4ccccn4)cc3C2)c2cc(N(c3ccccc3)c3ccccc3)ccc21.[Ir].[c-]1ccccc1-c1ccccn1. The first-order valence-corrected chi connectivity index (χ1v) is 23.4. The molecule has 4 nitrogen and oxygen atoms in total. The smallest absolute Gasteiger partial charge is 0.0464 e. The van der Waals surface area contributed by atoms with E-state index < -0.39 is 0 Å². The molecule has 2 aromatic heterocycles. The number of hydrogen-bond acceptors (Lipinski definition) is 4. The van der Waals surface area contributed by atoms with E-state index in [1.807, 2.05) is 54.7 Å². The van der Waals surface area contributed by atoms with Gasteiger partial charge in [0.2, 0.25) is 0 Å². The van der Waals surface area contributed by atoms with Gasteiger partial charge in [-0.3, -0.25) is 0 Å². The summed E-state index contributed by atoms with van der Waals surface area (Å²) in [5.74, 6) is 0. The molecule has 8 aromatic carbocycles. The molecule has 0 bridgehead atoms. The molecule has 0 aliphatic heterocycles. The maximum absolute atomic E-state index is 4.70. The van der Waals surface area contributed by atoms with E-state index in [1.54, 1.807) is 6.20 Å². The first kappa shape index (κ1) is 45.1. The zero-order chi connectivity index (χ0) is 45.9. The normalized spacial score (nSPS) is 13.4. The van der Waals surface area contributed by atoms with E-state index >= 15 is 0 Å². The van der Waals surface area contributed by atoms with Crippen LogP contribution in [-0.2, 0) is 43.8 Å². The molecule has 5 heteroatoms. The van der Waals surface area contributed by atoms with E-state index in [-0.39, 0.29) is 30.9 Å². The van der Waals surface area contributed by atoms with Crippen LogP contribution < -0.4 is 9.80 Å². The summed E-state index contributed by atoms with van der Waals surface area (Å²) in [6, 6.07) is 88.6. The van der Waals surface area contributed by atoms with Crippen molar-refractivity contribution in [2.24, 2.45) is 0 Å². The maximum atomic E-state index is 4.70. The average Bonchev–Trinajstić information content (AvgIpc) is 3.81. The van der Waals surface area contributed by atoms with Gasteiger partial charge in [-0.1, -0.05) is 123 Å². The summed E-state index contributed by atoms with van der Waals surface area (Å²) in [6.07, 6.45) is 5.42. The largest absolute Gasteiger partial charge is 0.310 e. The molecule has 0 N–H and O–H groups in total. The number of rotatable bonds is 8. The molecule has 12 rings (SSSR count). The summed E-state index contributed by atoms with van der Waals surface area (Å²) in [7, 11) is 0. The number of pyridine rings is 2. The molecule has 10 aromatic rings. The van der Waals surface area contributed by atoms with Gasteiger partial charge in [0.05, 0.1) is 0 Å². The Hall–Kier alpha value is -7.69. The molecule has 0 atom stereocenters. The van der Waals surface area contributed by atoms with Gasteiger partial charge in [0, 0.05) is 77.5 Å². The van der Waals surface area contributed by atoms with Crippen molar-refractivity contribution >= 4 is 34.1 Å². The Balaban J connectivity index is 0.000000371. The van der Waals surface area contributed by atoms with Gasteiger partial charge in [-0.15, -0.1) is 70.8 Å². The third-order valence-electron chi connectivity index (χ3n) is 13.7. The predicted molar refractivity (Wildman–Crippen MR) is 280 cm³/mol. The van der Waals surface area contributed by atoms with Crippen LogP contribution >= 0.6 is 0 Å². The van der Waals surface area contributed by atoms with E-state index in [4.69, 9.17) is 4.98 Å². The summed E-state index contributed by atoms with van der Waals surface area (Å²) in [5, 5.41) is 0. The number of fused-ring (bicyclic) bond motifs is 5. The van der Waals surface area contributed by atoms with Crippen molar-refractivity contribution in [2.45, 2.75) is 37.5 Å². The van der Waals surface area contributed by atoms with Gasteiger partial charge >= 0.3 is 0 Å². The average molecular weight is 1070 g/mol. The third kappa shape index (κ3) is 8.72. The van der Waals surface area contributed by atoms with Crippen molar-refractivity contribution in [2.75, 3.05) is 9.80 Å². The molecule has 0 fully saturated rings. The van der Waals surface area contributed by atoms with E-state index in [2.05, 4.69) is 223 Å². The number of aromatic nitrogens is 2. The molecular weight excluding hydrogens is 1020 g/mol.